The SMILES string of the molecule is Cc1nn(Cc2ccccc2Cl)c(Cl)c1C(=O)OCC(=O)Nc1ccc(S(C)(=O)=O)cc1. The average molecular weight is 496 g/mol. The Morgan fingerprint density at radius 3 is 2.38 bits per heavy atom. The van der Waals surface area contributed by atoms with Crippen LogP contribution in [0.5, 0.6) is 0 Å². The number of esters is 1. The molecule has 0 saturated carbocycles. The van der Waals surface area contributed by atoms with Crippen molar-refractivity contribution in [2.24, 2.45) is 0 Å². The van der Waals surface area contributed by atoms with Crippen LogP contribution in [0.15, 0.2) is 53.4 Å². The Morgan fingerprint density at radius 1 is 1.09 bits per heavy atom. The molecule has 11 heteroatoms. The molecule has 0 spiro atoms. The molecule has 8 nitrogen and oxygen atoms in total. The van der Waals surface area contributed by atoms with E-state index in [0.29, 0.717) is 16.4 Å². The van der Waals surface area contributed by atoms with Crippen LogP contribution in [-0.2, 0) is 25.9 Å². The Balaban J connectivity index is 1.63. The van der Waals surface area contributed by atoms with Crippen molar-refractivity contribution in [1.82, 2.24) is 9.78 Å². The normalized spacial score (nSPS) is 11.2. The molecule has 0 bridgehead atoms. The highest BCUT2D eigenvalue weighted by molar-refractivity contribution is 7.90. The van der Waals surface area contributed by atoms with Crippen LogP contribution in [0.25, 0.3) is 0 Å². The summed E-state index contributed by atoms with van der Waals surface area (Å²) in [5, 5.41) is 7.40. The topological polar surface area (TPSA) is 107 Å². The third-order valence-corrected chi connectivity index (χ3v) is 6.33. The second-order valence-electron chi connectivity index (χ2n) is 6.92. The van der Waals surface area contributed by atoms with E-state index in [2.05, 4.69) is 10.4 Å². The zero-order valence-corrected chi connectivity index (χ0v) is 19.5. The van der Waals surface area contributed by atoms with E-state index in [9.17, 15) is 18.0 Å². The summed E-state index contributed by atoms with van der Waals surface area (Å²) in [5.74, 6) is -1.39. The predicted molar refractivity (Wildman–Crippen MR) is 121 cm³/mol. The van der Waals surface area contributed by atoms with Gasteiger partial charge in [0, 0.05) is 17.0 Å². The van der Waals surface area contributed by atoms with Crippen molar-refractivity contribution in [3.63, 3.8) is 0 Å². The molecule has 1 aromatic heterocycles. The summed E-state index contributed by atoms with van der Waals surface area (Å²) in [7, 11) is -3.34. The molecule has 2 aromatic carbocycles. The van der Waals surface area contributed by atoms with E-state index >= 15 is 0 Å². The van der Waals surface area contributed by atoms with E-state index in [4.69, 9.17) is 27.9 Å². The third kappa shape index (κ3) is 5.67. The number of carbonyl (C=O) groups is 2. The molecule has 1 heterocycles. The number of carbonyl (C=O) groups excluding carboxylic acids is 2. The van der Waals surface area contributed by atoms with Crippen molar-refractivity contribution in [2.75, 3.05) is 18.2 Å². The first-order valence-corrected chi connectivity index (χ1v) is 11.9. The summed E-state index contributed by atoms with van der Waals surface area (Å²) in [5.41, 5.74) is 1.55. The van der Waals surface area contributed by atoms with Gasteiger partial charge in [-0.15, -0.1) is 0 Å². The molecule has 0 unspecified atom stereocenters. The summed E-state index contributed by atoms with van der Waals surface area (Å²) >= 11 is 12.5. The second kappa shape index (κ2) is 9.72. The monoisotopic (exact) mass is 495 g/mol. The smallest absolute Gasteiger partial charge is 0.343 e. The lowest BCUT2D eigenvalue weighted by Crippen LogP contribution is -2.21. The molecule has 1 amide bonds. The largest absolute Gasteiger partial charge is 0.452 e. The number of benzene rings is 2. The Kier molecular flexibility index (Phi) is 7.22. The number of aromatic nitrogens is 2. The molecule has 0 radical (unpaired) electrons. The lowest BCUT2D eigenvalue weighted by atomic mass is 10.2. The van der Waals surface area contributed by atoms with Crippen molar-refractivity contribution in [2.45, 2.75) is 18.4 Å². The number of hydrogen-bond donors (Lipinski definition) is 1. The fourth-order valence-electron chi connectivity index (χ4n) is 2.86. The standard InChI is InChI=1S/C21H19Cl2N3O5S/c1-13-19(20(23)26(25-13)11-14-5-3-4-6-17(14)22)21(28)31-12-18(27)24-15-7-9-16(10-8-15)32(2,29)30/h3-10H,11-12H2,1-2H3,(H,24,27). The summed E-state index contributed by atoms with van der Waals surface area (Å²) < 4.78 is 29.5. The molecular formula is C21H19Cl2N3O5S. The van der Waals surface area contributed by atoms with Crippen molar-refractivity contribution >= 4 is 50.6 Å². The number of rotatable bonds is 7. The molecule has 0 fully saturated rings. The third-order valence-electron chi connectivity index (χ3n) is 4.45. The second-order valence-corrected chi connectivity index (χ2v) is 9.70. The maximum Gasteiger partial charge on any atom is 0.343 e. The van der Waals surface area contributed by atoms with E-state index < -0.39 is 28.3 Å². The summed E-state index contributed by atoms with van der Waals surface area (Å²) in [6.45, 7) is 1.31. The fraction of sp³-hybridized carbons (Fsp3) is 0.190. The fourth-order valence-corrected chi connectivity index (χ4v) is 4.00. The number of hydrogen-bond acceptors (Lipinski definition) is 6. The van der Waals surface area contributed by atoms with Crippen LogP contribution in [0.2, 0.25) is 10.2 Å². The quantitative estimate of drug-likeness (QED) is 0.500. The van der Waals surface area contributed by atoms with Crippen LogP contribution in [0.1, 0.15) is 21.6 Å². The van der Waals surface area contributed by atoms with Crippen LogP contribution in [-0.4, -0.2) is 42.9 Å². The summed E-state index contributed by atoms with van der Waals surface area (Å²) in [4.78, 5) is 24.7. The molecule has 0 saturated heterocycles. The zero-order valence-electron chi connectivity index (χ0n) is 17.1. The van der Waals surface area contributed by atoms with E-state index in [0.717, 1.165) is 11.8 Å². The highest BCUT2D eigenvalue weighted by Crippen LogP contribution is 2.24. The van der Waals surface area contributed by atoms with Gasteiger partial charge >= 0.3 is 5.97 Å². The van der Waals surface area contributed by atoms with Crippen LogP contribution < -0.4 is 5.32 Å². The van der Waals surface area contributed by atoms with Gasteiger partial charge in [0.05, 0.1) is 17.1 Å². The van der Waals surface area contributed by atoms with Gasteiger partial charge in [0.2, 0.25) is 0 Å². The predicted octanol–water partition coefficient (Wildman–Crippen LogP) is 3.75. The highest BCUT2D eigenvalue weighted by atomic mass is 35.5. The zero-order chi connectivity index (χ0) is 23.5. The number of amides is 1. The number of sulfone groups is 1. The summed E-state index contributed by atoms with van der Waals surface area (Å²) in [6.07, 6.45) is 1.09. The number of anilines is 1. The van der Waals surface area contributed by atoms with Gasteiger partial charge in [-0.1, -0.05) is 41.4 Å². The van der Waals surface area contributed by atoms with Crippen LogP contribution in [0.3, 0.4) is 0 Å². The number of aryl methyl sites for hydroxylation is 1. The molecule has 0 aliphatic carbocycles. The Bertz CT molecular complexity index is 1270. The maximum absolute atomic E-state index is 12.5. The number of halogens is 2. The minimum Gasteiger partial charge on any atom is -0.452 e. The van der Waals surface area contributed by atoms with Crippen molar-refractivity contribution < 1.29 is 22.7 Å². The van der Waals surface area contributed by atoms with Crippen LogP contribution >= 0.6 is 23.2 Å². The molecule has 0 aliphatic rings. The molecule has 3 aromatic rings. The van der Waals surface area contributed by atoms with Crippen LogP contribution in [0.4, 0.5) is 5.69 Å². The molecule has 168 valence electrons. The molecule has 0 aliphatic heterocycles. The van der Waals surface area contributed by atoms with Gasteiger partial charge in [-0.2, -0.15) is 5.10 Å². The van der Waals surface area contributed by atoms with Gasteiger partial charge in [0.1, 0.15) is 10.7 Å². The lowest BCUT2D eigenvalue weighted by Gasteiger charge is -2.08. The number of ether oxygens (including phenoxy) is 1. The van der Waals surface area contributed by atoms with Gasteiger partial charge in [-0.3, -0.25) is 4.79 Å². The lowest BCUT2D eigenvalue weighted by molar-refractivity contribution is -0.119. The van der Waals surface area contributed by atoms with E-state index in [-0.39, 0.29) is 22.2 Å². The minimum absolute atomic E-state index is 0.0593. The van der Waals surface area contributed by atoms with Crippen LogP contribution in [0, 0.1) is 6.92 Å². The maximum atomic E-state index is 12.5. The molecular weight excluding hydrogens is 477 g/mol. The van der Waals surface area contributed by atoms with Gasteiger partial charge in [0.25, 0.3) is 5.91 Å². The Hall–Kier alpha value is -2.88. The van der Waals surface area contributed by atoms with Crippen molar-refractivity contribution in [3.05, 3.63) is 75.5 Å². The average Bonchev–Trinajstić information content (AvgIpc) is 3.00. The van der Waals surface area contributed by atoms with Gasteiger partial charge in [-0.25, -0.2) is 17.9 Å². The van der Waals surface area contributed by atoms with E-state index in [1.165, 1.54) is 28.9 Å². The minimum atomic E-state index is -3.34. The highest BCUT2D eigenvalue weighted by Gasteiger charge is 2.23. The Labute approximate surface area is 195 Å². The first-order valence-electron chi connectivity index (χ1n) is 9.29. The van der Waals surface area contributed by atoms with Crippen molar-refractivity contribution in [3.8, 4) is 0 Å². The molecule has 32 heavy (non-hydrogen) atoms. The molecule has 0 atom stereocenters. The first kappa shape index (κ1) is 23.8. The van der Waals surface area contributed by atoms with E-state index in [1.54, 1.807) is 19.1 Å². The summed E-state index contributed by atoms with van der Waals surface area (Å²) in [6, 6.07) is 12.8. The van der Waals surface area contributed by atoms with E-state index in [1.807, 2.05) is 12.1 Å². The number of nitrogens with one attached hydrogen (secondary N) is 1. The first-order chi connectivity index (χ1) is 15.1. The number of nitrogens with zero attached hydrogens (tertiary/aromatic N) is 2. The molecule has 3 rings (SSSR count). The van der Waals surface area contributed by atoms with Gasteiger partial charge < -0.3 is 10.1 Å². The van der Waals surface area contributed by atoms with Crippen molar-refractivity contribution in [1.29, 1.82) is 0 Å². The van der Waals surface area contributed by atoms with Gasteiger partial charge in [0.15, 0.2) is 16.4 Å². The molecule has 1 N–H and O–H groups in total. The van der Waals surface area contributed by atoms with Gasteiger partial charge in [-0.05, 0) is 42.8 Å². The Morgan fingerprint density at radius 2 is 1.75 bits per heavy atom.